The molecule has 0 bridgehead atoms. The van der Waals surface area contributed by atoms with E-state index < -0.39 is 23.9 Å². The van der Waals surface area contributed by atoms with Gasteiger partial charge in [-0.05, 0) is 18.1 Å². The van der Waals surface area contributed by atoms with E-state index in [4.69, 9.17) is 10.4 Å². The second-order valence-corrected chi connectivity index (χ2v) is 3.06. The lowest BCUT2D eigenvalue weighted by Crippen LogP contribution is -2.13. The van der Waals surface area contributed by atoms with Crippen LogP contribution in [0.15, 0.2) is 12.1 Å². The monoisotopic (exact) mass is 215 g/mol. The lowest BCUT2D eigenvalue weighted by molar-refractivity contribution is -0.138. The predicted octanol–water partition coefficient (Wildman–Crippen LogP) is 2.38. The summed E-state index contributed by atoms with van der Waals surface area (Å²) in [7, 11) is 0. The number of hydrogen-bond acceptors (Lipinski definition) is 2. The van der Waals surface area contributed by atoms with E-state index in [-0.39, 0.29) is 11.1 Å². The quantitative estimate of drug-likeness (QED) is 0.781. The van der Waals surface area contributed by atoms with E-state index in [0.29, 0.717) is 0 Å². The number of nitrogens with zero attached hydrogens (tertiary/aromatic N) is 1. The Hall–Kier alpha value is -1.54. The van der Waals surface area contributed by atoms with Crippen LogP contribution in [0.3, 0.4) is 0 Å². The summed E-state index contributed by atoms with van der Waals surface area (Å²) in [4.78, 5) is 0. The molecule has 0 amide bonds. The molecule has 0 aliphatic carbocycles. The van der Waals surface area contributed by atoms with Crippen molar-refractivity contribution in [2.24, 2.45) is 0 Å². The molecule has 1 aromatic rings. The van der Waals surface area contributed by atoms with E-state index in [2.05, 4.69) is 0 Å². The van der Waals surface area contributed by atoms with Crippen LogP contribution in [0, 0.1) is 18.3 Å². The van der Waals surface area contributed by atoms with Crippen molar-refractivity contribution in [2.45, 2.75) is 19.7 Å². The highest BCUT2D eigenvalue weighted by Crippen LogP contribution is 2.35. The van der Waals surface area contributed by atoms with Gasteiger partial charge in [-0.1, -0.05) is 12.1 Å². The fourth-order valence-electron chi connectivity index (χ4n) is 1.35. The van der Waals surface area contributed by atoms with E-state index in [1.165, 1.54) is 25.1 Å². The van der Waals surface area contributed by atoms with Gasteiger partial charge in [-0.25, -0.2) is 0 Å². The Morgan fingerprint density at radius 2 is 2.00 bits per heavy atom. The Bertz CT molecular complexity index is 418. The average Bonchev–Trinajstić information content (AvgIpc) is 2.15. The van der Waals surface area contributed by atoms with Gasteiger partial charge in [-0.3, -0.25) is 0 Å². The normalized spacial score (nSPS) is 11.2. The lowest BCUT2D eigenvalue weighted by atomic mass is 9.97. The van der Waals surface area contributed by atoms with Gasteiger partial charge in [-0.2, -0.15) is 18.4 Å². The van der Waals surface area contributed by atoms with Crippen molar-refractivity contribution >= 4 is 0 Å². The first kappa shape index (κ1) is 11.5. The van der Waals surface area contributed by atoms with Crippen LogP contribution < -0.4 is 0 Å². The summed E-state index contributed by atoms with van der Waals surface area (Å²) in [5, 5.41) is 17.4. The molecule has 1 aromatic carbocycles. The molecule has 0 aromatic heterocycles. The number of rotatable bonds is 1. The van der Waals surface area contributed by atoms with E-state index in [9.17, 15) is 13.2 Å². The van der Waals surface area contributed by atoms with E-state index in [1.807, 2.05) is 0 Å². The smallest absolute Gasteiger partial charge is 0.392 e. The van der Waals surface area contributed by atoms with Gasteiger partial charge in [0.1, 0.15) is 6.07 Å². The van der Waals surface area contributed by atoms with Gasteiger partial charge < -0.3 is 5.11 Å². The average molecular weight is 215 g/mol. The molecule has 1 rings (SSSR count). The maximum Gasteiger partial charge on any atom is 0.418 e. The van der Waals surface area contributed by atoms with Crippen molar-refractivity contribution in [2.75, 3.05) is 0 Å². The Morgan fingerprint density at radius 1 is 1.40 bits per heavy atom. The number of alkyl halides is 3. The zero-order valence-corrected chi connectivity index (χ0v) is 7.89. The van der Waals surface area contributed by atoms with E-state index in [1.54, 1.807) is 0 Å². The molecule has 80 valence electrons. The number of aryl methyl sites for hydroxylation is 1. The van der Waals surface area contributed by atoms with Gasteiger partial charge in [0.05, 0.1) is 17.7 Å². The summed E-state index contributed by atoms with van der Waals surface area (Å²) < 4.78 is 37.8. The van der Waals surface area contributed by atoms with Crippen LogP contribution >= 0.6 is 0 Å². The molecule has 0 spiro atoms. The first-order valence-electron chi connectivity index (χ1n) is 4.12. The van der Waals surface area contributed by atoms with Crippen molar-refractivity contribution in [3.8, 4) is 6.07 Å². The standard InChI is InChI=1S/C10H8F3NO/c1-6-2-3-7(5-15)9(8(6)4-14)10(11,12)13/h2-3,15H,5H2,1H3. The van der Waals surface area contributed by atoms with Crippen molar-refractivity contribution in [1.82, 2.24) is 0 Å². The molecule has 0 saturated heterocycles. The minimum atomic E-state index is -4.62. The van der Waals surface area contributed by atoms with Crippen LogP contribution in [-0.4, -0.2) is 5.11 Å². The molecule has 1 N–H and O–H groups in total. The number of nitriles is 1. The second-order valence-electron chi connectivity index (χ2n) is 3.06. The molecule has 0 radical (unpaired) electrons. The van der Waals surface area contributed by atoms with Crippen molar-refractivity contribution < 1.29 is 18.3 Å². The fraction of sp³-hybridized carbons (Fsp3) is 0.300. The summed E-state index contributed by atoms with van der Waals surface area (Å²) in [5.41, 5.74) is -1.48. The third-order valence-corrected chi connectivity index (χ3v) is 2.07. The highest BCUT2D eigenvalue weighted by Gasteiger charge is 2.36. The number of aliphatic hydroxyl groups is 1. The zero-order chi connectivity index (χ0) is 11.6. The molecule has 0 aliphatic heterocycles. The molecular formula is C10H8F3NO. The summed E-state index contributed by atoms with van der Waals surface area (Å²) in [6.45, 7) is 0.693. The molecule has 0 unspecified atom stereocenters. The third-order valence-electron chi connectivity index (χ3n) is 2.07. The molecule has 5 heteroatoms. The molecule has 0 fully saturated rings. The van der Waals surface area contributed by atoms with Crippen LogP contribution in [0.25, 0.3) is 0 Å². The maximum atomic E-state index is 12.6. The Morgan fingerprint density at radius 3 is 2.40 bits per heavy atom. The van der Waals surface area contributed by atoms with Crippen LogP contribution in [0.5, 0.6) is 0 Å². The van der Waals surface area contributed by atoms with Crippen LogP contribution in [0.4, 0.5) is 13.2 Å². The van der Waals surface area contributed by atoms with Crippen LogP contribution in [0.2, 0.25) is 0 Å². The molecule has 2 nitrogen and oxygen atoms in total. The van der Waals surface area contributed by atoms with Crippen molar-refractivity contribution in [3.05, 3.63) is 34.4 Å². The van der Waals surface area contributed by atoms with Crippen molar-refractivity contribution in [1.29, 1.82) is 5.26 Å². The SMILES string of the molecule is Cc1ccc(CO)c(C(F)(F)F)c1C#N. The Kier molecular flexibility index (Phi) is 3.01. The largest absolute Gasteiger partial charge is 0.418 e. The minimum Gasteiger partial charge on any atom is -0.392 e. The van der Waals surface area contributed by atoms with Gasteiger partial charge >= 0.3 is 6.18 Å². The van der Waals surface area contributed by atoms with Crippen LogP contribution in [-0.2, 0) is 12.8 Å². The fourth-order valence-corrected chi connectivity index (χ4v) is 1.35. The summed E-state index contributed by atoms with van der Waals surface area (Å²) in [5.74, 6) is 0. The number of hydrogen-bond donors (Lipinski definition) is 1. The van der Waals surface area contributed by atoms with Gasteiger partial charge in [0, 0.05) is 0 Å². The van der Waals surface area contributed by atoms with Gasteiger partial charge in [0.25, 0.3) is 0 Å². The van der Waals surface area contributed by atoms with Crippen molar-refractivity contribution in [3.63, 3.8) is 0 Å². The number of benzene rings is 1. The maximum absolute atomic E-state index is 12.6. The van der Waals surface area contributed by atoms with Crippen LogP contribution in [0.1, 0.15) is 22.3 Å². The lowest BCUT2D eigenvalue weighted by Gasteiger charge is -2.14. The molecular weight excluding hydrogens is 207 g/mol. The number of aliphatic hydroxyl groups excluding tert-OH is 1. The van der Waals surface area contributed by atoms with Gasteiger partial charge in [0.15, 0.2) is 0 Å². The highest BCUT2D eigenvalue weighted by atomic mass is 19.4. The third kappa shape index (κ3) is 2.10. The predicted molar refractivity (Wildman–Crippen MR) is 46.8 cm³/mol. The number of halogens is 3. The summed E-state index contributed by atoms with van der Waals surface area (Å²) in [6, 6.07) is 4.08. The molecule has 0 aliphatic rings. The molecule has 15 heavy (non-hydrogen) atoms. The first-order chi connectivity index (χ1) is 6.91. The van der Waals surface area contributed by atoms with E-state index >= 15 is 0 Å². The minimum absolute atomic E-state index is 0.252. The summed E-state index contributed by atoms with van der Waals surface area (Å²) >= 11 is 0. The molecule has 0 atom stereocenters. The Balaban J connectivity index is 3.57. The highest BCUT2D eigenvalue weighted by molar-refractivity contribution is 5.49. The first-order valence-corrected chi connectivity index (χ1v) is 4.12. The second kappa shape index (κ2) is 3.91. The zero-order valence-electron chi connectivity index (χ0n) is 7.89. The van der Waals surface area contributed by atoms with E-state index in [0.717, 1.165) is 0 Å². The molecule has 0 saturated carbocycles. The Labute approximate surface area is 84.6 Å². The van der Waals surface area contributed by atoms with Gasteiger partial charge in [0.2, 0.25) is 0 Å². The van der Waals surface area contributed by atoms with Gasteiger partial charge in [-0.15, -0.1) is 0 Å². The summed E-state index contributed by atoms with van der Waals surface area (Å²) in [6.07, 6.45) is -4.62. The topological polar surface area (TPSA) is 44.0 Å². The molecule has 0 heterocycles.